The SMILES string of the molecule is CC(C)OCCN(C)C(=O)Nc1c(Br)cccc1C(=O)O. The van der Waals surface area contributed by atoms with Crippen LogP contribution in [0.2, 0.25) is 0 Å². The number of para-hydroxylation sites is 1. The first kappa shape index (κ1) is 17.5. The lowest BCUT2D eigenvalue weighted by Gasteiger charge is -2.20. The normalized spacial score (nSPS) is 10.5. The summed E-state index contributed by atoms with van der Waals surface area (Å²) in [5.74, 6) is -1.10. The number of urea groups is 1. The van der Waals surface area contributed by atoms with Crippen LogP contribution in [-0.4, -0.2) is 48.3 Å². The molecular weight excluding hydrogens is 340 g/mol. The van der Waals surface area contributed by atoms with Gasteiger partial charge in [0.2, 0.25) is 0 Å². The number of carboxylic acid groups (broad SMARTS) is 1. The van der Waals surface area contributed by atoms with Crippen LogP contribution in [0.4, 0.5) is 10.5 Å². The smallest absolute Gasteiger partial charge is 0.337 e. The Morgan fingerprint density at radius 1 is 1.43 bits per heavy atom. The summed E-state index contributed by atoms with van der Waals surface area (Å²) in [5, 5.41) is 11.7. The van der Waals surface area contributed by atoms with Gasteiger partial charge in [0.15, 0.2) is 0 Å². The lowest BCUT2D eigenvalue weighted by Crippen LogP contribution is -2.34. The molecule has 0 aromatic heterocycles. The molecule has 1 aromatic rings. The Morgan fingerprint density at radius 3 is 2.67 bits per heavy atom. The second-order valence-electron chi connectivity index (χ2n) is 4.74. The molecule has 0 aliphatic rings. The van der Waals surface area contributed by atoms with E-state index >= 15 is 0 Å². The van der Waals surface area contributed by atoms with Crippen molar-refractivity contribution in [1.29, 1.82) is 0 Å². The predicted molar refractivity (Wildman–Crippen MR) is 83.8 cm³/mol. The highest BCUT2D eigenvalue weighted by molar-refractivity contribution is 9.10. The Bertz CT molecular complexity index is 520. The molecule has 6 nitrogen and oxygen atoms in total. The monoisotopic (exact) mass is 358 g/mol. The van der Waals surface area contributed by atoms with Crippen molar-refractivity contribution in [2.24, 2.45) is 0 Å². The summed E-state index contributed by atoms with van der Waals surface area (Å²) in [7, 11) is 1.62. The Morgan fingerprint density at radius 2 is 2.10 bits per heavy atom. The Labute approximate surface area is 132 Å². The maximum Gasteiger partial charge on any atom is 0.337 e. The fraction of sp³-hybridized carbons (Fsp3) is 0.429. The molecule has 116 valence electrons. The quantitative estimate of drug-likeness (QED) is 0.818. The number of likely N-dealkylation sites (N-methyl/N-ethyl adjacent to an activating group) is 1. The van der Waals surface area contributed by atoms with E-state index in [1.807, 2.05) is 13.8 Å². The molecule has 0 aliphatic heterocycles. The molecule has 0 fully saturated rings. The van der Waals surface area contributed by atoms with Crippen molar-refractivity contribution >= 4 is 33.6 Å². The average Bonchev–Trinajstić information content (AvgIpc) is 2.40. The minimum atomic E-state index is -1.10. The number of nitrogens with one attached hydrogen (secondary N) is 1. The summed E-state index contributed by atoms with van der Waals surface area (Å²) in [6.07, 6.45) is 0.100. The van der Waals surface area contributed by atoms with Gasteiger partial charge in [-0.05, 0) is 41.9 Å². The van der Waals surface area contributed by atoms with Gasteiger partial charge >= 0.3 is 12.0 Å². The first-order valence-electron chi connectivity index (χ1n) is 6.48. The lowest BCUT2D eigenvalue weighted by atomic mass is 10.2. The molecule has 0 heterocycles. The van der Waals surface area contributed by atoms with Crippen molar-refractivity contribution in [3.8, 4) is 0 Å². The molecule has 0 spiro atoms. The third-order valence-corrected chi connectivity index (χ3v) is 3.36. The van der Waals surface area contributed by atoms with Crippen LogP contribution < -0.4 is 5.32 Å². The van der Waals surface area contributed by atoms with Crippen LogP contribution in [0, 0.1) is 0 Å². The number of ether oxygens (including phenoxy) is 1. The number of hydrogen-bond acceptors (Lipinski definition) is 3. The second-order valence-corrected chi connectivity index (χ2v) is 5.59. The number of carboxylic acids is 1. The number of amides is 2. The lowest BCUT2D eigenvalue weighted by molar-refractivity contribution is 0.0687. The molecule has 2 N–H and O–H groups in total. The minimum Gasteiger partial charge on any atom is -0.478 e. The number of carbonyl (C=O) groups excluding carboxylic acids is 1. The number of hydrogen-bond donors (Lipinski definition) is 2. The van der Waals surface area contributed by atoms with Crippen molar-refractivity contribution < 1.29 is 19.4 Å². The molecule has 0 aliphatic carbocycles. The van der Waals surface area contributed by atoms with Crippen molar-refractivity contribution in [2.75, 3.05) is 25.5 Å². The topological polar surface area (TPSA) is 78.9 Å². The average molecular weight is 359 g/mol. The van der Waals surface area contributed by atoms with E-state index in [4.69, 9.17) is 9.84 Å². The summed E-state index contributed by atoms with van der Waals surface area (Å²) in [4.78, 5) is 24.7. The van der Waals surface area contributed by atoms with Gasteiger partial charge in [-0.1, -0.05) is 6.07 Å². The van der Waals surface area contributed by atoms with Crippen molar-refractivity contribution in [3.63, 3.8) is 0 Å². The first-order valence-corrected chi connectivity index (χ1v) is 7.27. The molecule has 0 bridgehead atoms. The van der Waals surface area contributed by atoms with Crippen LogP contribution >= 0.6 is 15.9 Å². The van der Waals surface area contributed by atoms with Crippen molar-refractivity contribution in [3.05, 3.63) is 28.2 Å². The molecule has 21 heavy (non-hydrogen) atoms. The van der Waals surface area contributed by atoms with Gasteiger partial charge in [-0.15, -0.1) is 0 Å². The van der Waals surface area contributed by atoms with Gasteiger partial charge in [0.25, 0.3) is 0 Å². The maximum atomic E-state index is 12.1. The molecule has 1 aromatic carbocycles. The van der Waals surface area contributed by atoms with Gasteiger partial charge < -0.3 is 20.1 Å². The van der Waals surface area contributed by atoms with Crippen molar-refractivity contribution in [2.45, 2.75) is 20.0 Å². The van der Waals surface area contributed by atoms with Crippen molar-refractivity contribution in [1.82, 2.24) is 4.90 Å². The molecule has 0 saturated heterocycles. The van der Waals surface area contributed by atoms with Crippen LogP contribution in [-0.2, 0) is 4.74 Å². The molecule has 0 atom stereocenters. The highest BCUT2D eigenvalue weighted by Crippen LogP contribution is 2.26. The van der Waals surface area contributed by atoms with E-state index < -0.39 is 12.0 Å². The van der Waals surface area contributed by atoms with Gasteiger partial charge in [-0.3, -0.25) is 0 Å². The Kier molecular flexibility index (Phi) is 6.64. The summed E-state index contributed by atoms with van der Waals surface area (Å²) in [6, 6.07) is 4.31. The number of halogens is 1. The summed E-state index contributed by atoms with van der Waals surface area (Å²) < 4.78 is 5.89. The number of carbonyl (C=O) groups is 2. The first-order chi connectivity index (χ1) is 9.82. The molecule has 0 saturated carbocycles. The molecular formula is C14H19BrN2O4. The number of nitrogens with zero attached hydrogens (tertiary/aromatic N) is 1. The van der Waals surface area contributed by atoms with Gasteiger partial charge in [-0.2, -0.15) is 0 Å². The van der Waals surface area contributed by atoms with E-state index in [-0.39, 0.29) is 17.4 Å². The predicted octanol–water partition coefficient (Wildman–Crippen LogP) is 3.04. The fourth-order valence-electron chi connectivity index (χ4n) is 1.56. The van der Waals surface area contributed by atoms with Crippen LogP contribution in [0.1, 0.15) is 24.2 Å². The zero-order valence-corrected chi connectivity index (χ0v) is 13.8. The highest BCUT2D eigenvalue weighted by Gasteiger charge is 2.17. The highest BCUT2D eigenvalue weighted by atomic mass is 79.9. The zero-order chi connectivity index (χ0) is 16.0. The van der Waals surface area contributed by atoms with E-state index in [1.165, 1.54) is 11.0 Å². The van der Waals surface area contributed by atoms with Gasteiger partial charge in [0, 0.05) is 18.1 Å². The zero-order valence-electron chi connectivity index (χ0n) is 12.2. The molecule has 2 amide bonds. The second kappa shape index (κ2) is 7.99. The Hall–Kier alpha value is -1.60. The van der Waals surface area contributed by atoms with Gasteiger partial charge in [0.1, 0.15) is 0 Å². The summed E-state index contributed by atoms with van der Waals surface area (Å²) >= 11 is 3.24. The van der Waals surface area contributed by atoms with Crippen LogP contribution in [0.3, 0.4) is 0 Å². The van der Waals surface area contributed by atoms with Crippen LogP contribution in [0.5, 0.6) is 0 Å². The molecule has 7 heteroatoms. The Balaban J connectivity index is 2.72. The van der Waals surface area contributed by atoms with Crippen LogP contribution in [0.15, 0.2) is 22.7 Å². The van der Waals surface area contributed by atoms with Gasteiger partial charge in [0.05, 0.1) is 24.0 Å². The summed E-state index contributed by atoms with van der Waals surface area (Å²) in [6.45, 7) is 4.67. The minimum absolute atomic E-state index is 0.0320. The number of aromatic carboxylic acids is 1. The van der Waals surface area contributed by atoms with E-state index in [0.717, 1.165) is 0 Å². The van der Waals surface area contributed by atoms with E-state index in [0.29, 0.717) is 17.6 Å². The third kappa shape index (κ3) is 5.35. The number of rotatable bonds is 6. The van der Waals surface area contributed by atoms with E-state index in [2.05, 4.69) is 21.2 Å². The van der Waals surface area contributed by atoms with E-state index in [9.17, 15) is 9.59 Å². The number of benzene rings is 1. The molecule has 1 rings (SSSR count). The van der Waals surface area contributed by atoms with Crippen LogP contribution in [0.25, 0.3) is 0 Å². The molecule has 0 radical (unpaired) electrons. The number of anilines is 1. The summed E-state index contributed by atoms with van der Waals surface area (Å²) in [5.41, 5.74) is 0.274. The largest absolute Gasteiger partial charge is 0.478 e. The van der Waals surface area contributed by atoms with Gasteiger partial charge in [-0.25, -0.2) is 9.59 Å². The standard InChI is InChI=1S/C14H19BrN2O4/c1-9(2)21-8-7-17(3)14(20)16-12-10(13(18)19)5-4-6-11(12)15/h4-6,9H,7-8H2,1-3H3,(H,16,20)(H,18,19). The molecule has 0 unspecified atom stereocenters. The maximum absolute atomic E-state index is 12.1. The fourth-order valence-corrected chi connectivity index (χ4v) is 2.02. The third-order valence-electron chi connectivity index (χ3n) is 2.70. The van der Waals surface area contributed by atoms with E-state index in [1.54, 1.807) is 19.2 Å².